The van der Waals surface area contributed by atoms with Gasteiger partial charge in [0.05, 0.1) is 6.61 Å². The van der Waals surface area contributed by atoms with E-state index >= 15 is 0 Å². The Labute approximate surface area is 81.0 Å². The minimum absolute atomic E-state index is 0.0295. The van der Waals surface area contributed by atoms with E-state index in [1.54, 1.807) is 0 Å². The third-order valence-electron chi connectivity index (χ3n) is 1.49. The van der Waals surface area contributed by atoms with Crippen molar-refractivity contribution in [3.63, 3.8) is 0 Å². The molecule has 0 fully saturated rings. The molecule has 4 nitrogen and oxygen atoms in total. The second-order valence-electron chi connectivity index (χ2n) is 2.55. The quantitative estimate of drug-likeness (QED) is 0.290. The fourth-order valence-corrected chi connectivity index (χ4v) is 0.833. The largest absolute Gasteiger partial charge is 0.523 e. The van der Waals surface area contributed by atoms with Gasteiger partial charge in [0.25, 0.3) is 0 Å². The van der Waals surface area contributed by atoms with Crippen LogP contribution in [-0.2, 0) is 9.69 Å². The molecule has 1 aromatic carbocycles. The molecular formula is C8H10BFO4. The van der Waals surface area contributed by atoms with Gasteiger partial charge in [-0.1, -0.05) is 12.1 Å². The Morgan fingerprint density at radius 2 is 1.93 bits per heavy atom. The molecule has 1 rings (SSSR count). The van der Waals surface area contributed by atoms with E-state index in [1.165, 1.54) is 24.3 Å². The van der Waals surface area contributed by atoms with Crippen molar-refractivity contribution in [2.75, 3.05) is 13.2 Å². The van der Waals surface area contributed by atoms with Crippen molar-refractivity contribution >= 4 is 12.6 Å². The number of benzene rings is 1. The number of rotatable bonds is 5. The molecule has 0 aliphatic rings. The Morgan fingerprint density at radius 1 is 1.29 bits per heavy atom. The van der Waals surface area contributed by atoms with Gasteiger partial charge in [0.15, 0.2) is 0 Å². The molecule has 0 amide bonds. The van der Waals surface area contributed by atoms with Crippen molar-refractivity contribution in [1.29, 1.82) is 0 Å². The van der Waals surface area contributed by atoms with Crippen molar-refractivity contribution < 1.29 is 24.2 Å². The second kappa shape index (κ2) is 5.72. The van der Waals surface area contributed by atoms with E-state index in [9.17, 15) is 9.41 Å². The standard InChI is InChI=1S/C8H10BFO4/c10-8-3-1-7(2-4-8)9(12)14-13-6-5-11/h1-4,11-12H,5-6H2. The van der Waals surface area contributed by atoms with Gasteiger partial charge in [-0.15, -0.1) is 0 Å². The summed E-state index contributed by atoms with van der Waals surface area (Å²) in [7, 11) is -1.28. The Morgan fingerprint density at radius 3 is 2.50 bits per heavy atom. The molecule has 0 saturated carbocycles. The molecule has 0 unspecified atom stereocenters. The van der Waals surface area contributed by atoms with Crippen LogP contribution in [0.4, 0.5) is 4.39 Å². The summed E-state index contributed by atoms with van der Waals surface area (Å²) in [5.41, 5.74) is 0.379. The highest BCUT2D eigenvalue weighted by atomic mass is 19.1. The Hall–Kier alpha value is -0.945. The Balaban J connectivity index is 2.43. The van der Waals surface area contributed by atoms with Gasteiger partial charge in [0, 0.05) is 0 Å². The van der Waals surface area contributed by atoms with Crippen molar-refractivity contribution in [2.24, 2.45) is 0 Å². The minimum Gasteiger partial charge on any atom is -0.422 e. The first kappa shape index (κ1) is 11.1. The highest BCUT2D eigenvalue weighted by Gasteiger charge is 2.17. The molecule has 0 aliphatic carbocycles. The molecule has 0 aromatic heterocycles. The average molecular weight is 200 g/mol. The van der Waals surface area contributed by atoms with Gasteiger partial charge in [-0.2, -0.15) is 0 Å². The van der Waals surface area contributed by atoms with E-state index in [4.69, 9.17) is 5.11 Å². The SMILES string of the molecule is OCCOOB(O)c1ccc(F)cc1. The van der Waals surface area contributed by atoms with Crippen LogP contribution in [0.15, 0.2) is 24.3 Å². The van der Waals surface area contributed by atoms with E-state index < -0.39 is 12.9 Å². The van der Waals surface area contributed by atoms with Gasteiger partial charge in [0.2, 0.25) is 0 Å². The van der Waals surface area contributed by atoms with Gasteiger partial charge >= 0.3 is 7.12 Å². The van der Waals surface area contributed by atoms with Crippen LogP contribution < -0.4 is 5.46 Å². The van der Waals surface area contributed by atoms with Crippen LogP contribution in [0.25, 0.3) is 0 Å². The lowest BCUT2D eigenvalue weighted by atomic mass is 9.80. The maximum Gasteiger partial charge on any atom is 0.523 e. The number of aliphatic hydroxyl groups excluding tert-OH is 1. The number of halogens is 1. The van der Waals surface area contributed by atoms with Crippen LogP contribution in [0, 0.1) is 5.82 Å². The van der Waals surface area contributed by atoms with Crippen LogP contribution in [0.2, 0.25) is 0 Å². The fraction of sp³-hybridized carbons (Fsp3) is 0.250. The van der Waals surface area contributed by atoms with Crippen molar-refractivity contribution in [3.05, 3.63) is 30.1 Å². The molecule has 0 atom stereocenters. The van der Waals surface area contributed by atoms with E-state index in [1.807, 2.05) is 0 Å². The lowest BCUT2D eigenvalue weighted by Crippen LogP contribution is -2.33. The summed E-state index contributed by atoms with van der Waals surface area (Å²) < 4.78 is 12.5. The monoisotopic (exact) mass is 200 g/mol. The molecule has 2 N–H and O–H groups in total. The lowest BCUT2D eigenvalue weighted by molar-refractivity contribution is -0.225. The predicted molar refractivity (Wildman–Crippen MR) is 48.1 cm³/mol. The third kappa shape index (κ3) is 3.43. The summed E-state index contributed by atoms with van der Waals surface area (Å²) in [5.74, 6) is -0.391. The molecule has 0 heterocycles. The van der Waals surface area contributed by atoms with Crippen LogP contribution in [0.5, 0.6) is 0 Å². The molecule has 76 valence electrons. The first-order valence-electron chi connectivity index (χ1n) is 4.06. The highest BCUT2D eigenvalue weighted by Crippen LogP contribution is 1.94. The first-order valence-corrected chi connectivity index (χ1v) is 4.06. The maximum absolute atomic E-state index is 12.5. The van der Waals surface area contributed by atoms with Gasteiger partial charge < -0.3 is 10.1 Å². The molecular weight excluding hydrogens is 190 g/mol. The lowest BCUT2D eigenvalue weighted by Gasteiger charge is -2.06. The van der Waals surface area contributed by atoms with E-state index in [2.05, 4.69) is 9.69 Å². The summed E-state index contributed by atoms with van der Waals surface area (Å²) in [6.45, 7) is -0.228. The maximum atomic E-state index is 12.5. The topological polar surface area (TPSA) is 58.9 Å². The highest BCUT2D eigenvalue weighted by molar-refractivity contribution is 6.59. The zero-order chi connectivity index (χ0) is 10.4. The zero-order valence-corrected chi connectivity index (χ0v) is 7.39. The van der Waals surface area contributed by atoms with Crippen LogP contribution in [-0.4, -0.2) is 30.5 Å². The number of hydrogen-bond donors (Lipinski definition) is 2. The Bertz CT molecular complexity index is 267. The third-order valence-corrected chi connectivity index (χ3v) is 1.49. The molecule has 14 heavy (non-hydrogen) atoms. The average Bonchev–Trinajstić information content (AvgIpc) is 2.19. The zero-order valence-electron chi connectivity index (χ0n) is 7.39. The van der Waals surface area contributed by atoms with Crippen molar-refractivity contribution in [2.45, 2.75) is 0 Å². The van der Waals surface area contributed by atoms with E-state index in [0.29, 0.717) is 5.46 Å². The first-order chi connectivity index (χ1) is 6.74. The molecule has 6 heteroatoms. The summed E-state index contributed by atoms with van der Waals surface area (Å²) in [5, 5.41) is 17.6. The van der Waals surface area contributed by atoms with Crippen LogP contribution in [0.1, 0.15) is 0 Å². The number of aliphatic hydroxyl groups is 1. The molecule has 0 radical (unpaired) electrons. The van der Waals surface area contributed by atoms with Crippen LogP contribution >= 0.6 is 0 Å². The summed E-state index contributed by atoms with van der Waals surface area (Å²) >= 11 is 0. The van der Waals surface area contributed by atoms with E-state index in [0.717, 1.165) is 0 Å². The minimum atomic E-state index is -1.28. The van der Waals surface area contributed by atoms with Crippen molar-refractivity contribution in [1.82, 2.24) is 0 Å². The predicted octanol–water partition coefficient (Wildman–Crippen LogP) is -0.546. The van der Waals surface area contributed by atoms with Gasteiger partial charge in [0.1, 0.15) is 12.4 Å². The molecule has 0 spiro atoms. The Kier molecular flexibility index (Phi) is 4.54. The van der Waals surface area contributed by atoms with Gasteiger partial charge in [-0.3, -0.25) is 4.81 Å². The molecule has 0 bridgehead atoms. The normalized spacial score (nSPS) is 10.2. The second-order valence-corrected chi connectivity index (χ2v) is 2.55. The molecule has 1 aromatic rings. The van der Waals surface area contributed by atoms with Gasteiger partial charge in [-0.25, -0.2) is 9.28 Å². The van der Waals surface area contributed by atoms with Crippen molar-refractivity contribution in [3.8, 4) is 0 Å². The molecule has 0 saturated heterocycles. The van der Waals surface area contributed by atoms with E-state index in [-0.39, 0.29) is 13.2 Å². The van der Waals surface area contributed by atoms with Crippen LogP contribution in [0.3, 0.4) is 0 Å². The summed E-state index contributed by atoms with van der Waals surface area (Å²) in [6.07, 6.45) is 0. The number of hydrogen-bond acceptors (Lipinski definition) is 4. The summed E-state index contributed by atoms with van der Waals surface area (Å²) in [4.78, 5) is 8.92. The summed E-state index contributed by atoms with van der Waals surface area (Å²) in [6, 6.07) is 5.16. The smallest absolute Gasteiger partial charge is 0.422 e. The fourth-order valence-electron chi connectivity index (χ4n) is 0.833. The molecule has 0 aliphatic heterocycles. The van der Waals surface area contributed by atoms with Gasteiger partial charge in [-0.05, 0) is 17.6 Å².